The second-order valence-electron chi connectivity index (χ2n) is 3.22. The fourth-order valence-electron chi connectivity index (χ4n) is 1.33. The Kier molecular flexibility index (Phi) is 3.13. The summed E-state index contributed by atoms with van der Waals surface area (Å²) in [6, 6.07) is 6.11. The first-order valence-electron chi connectivity index (χ1n) is 4.59. The van der Waals surface area contributed by atoms with Crippen molar-refractivity contribution in [3.8, 4) is 0 Å². The standard InChI is InChI=1S/C10H11BrN4/c11-10-3-8(4-12)1-2-9(10)5-15-7-13-6-14-15/h1-3,6-7H,4-5,12H2. The molecule has 0 radical (unpaired) electrons. The maximum Gasteiger partial charge on any atom is 0.137 e. The van der Waals surface area contributed by atoms with Crippen LogP contribution < -0.4 is 5.73 Å². The van der Waals surface area contributed by atoms with Gasteiger partial charge in [0.2, 0.25) is 0 Å². The minimum absolute atomic E-state index is 0.558. The highest BCUT2D eigenvalue weighted by Gasteiger charge is 2.02. The van der Waals surface area contributed by atoms with Crippen LogP contribution in [0.3, 0.4) is 0 Å². The first-order chi connectivity index (χ1) is 7.29. The molecule has 5 heteroatoms. The van der Waals surface area contributed by atoms with Crippen LogP contribution in [0.15, 0.2) is 35.3 Å². The van der Waals surface area contributed by atoms with Crippen LogP contribution in [-0.4, -0.2) is 14.8 Å². The lowest BCUT2D eigenvalue weighted by Crippen LogP contribution is -2.02. The maximum atomic E-state index is 5.56. The molecule has 0 fully saturated rings. The molecule has 2 N–H and O–H groups in total. The van der Waals surface area contributed by atoms with Crippen LogP contribution in [0.2, 0.25) is 0 Å². The molecule has 1 heterocycles. The summed E-state index contributed by atoms with van der Waals surface area (Å²) in [6.45, 7) is 1.27. The van der Waals surface area contributed by atoms with Crippen molar-refractivity contribution >= 4 is 15.9 Å². The van der Waals surface area contributed by atoms with Crippen molar-refractivity contribution in [1.29, 1.82) is 0 Å². The molecule has 1 aromatic carbocycles. The van der Waals surface area contributed by atoms with Crippen LogP contribution in [-0.2, 0) is 13.1 Å². The van der Waals surface area contributed by atoms with Crippen LogP contribution in [0.5, 0.6) is 0 Å². The lowest BCUT2D eigenvalue weighted by Gasteiger charge is -2.06. The third-order valence-corrected chi connectivity index (χ3v) is 2.89. The van der Waals surface area contributed by atoms with E-state index < -0.39 is 0 Å². The fraction of sp³-hybridized carbons (Fsp3) is 0.200. The Labute approximate surface area is 96.3 Å². The smallest absolute Gasteiger partial charge is 0.137 e. The first-order valence-corrected chi connectivity index (χ1v) is 5.38. The van der Waals surface area contributed by atoms with Gasteiger partial charge in [0, 0.05) is 11.0 Å². The van der Waals surface area contributed by atoms with E-state index in [2.05, 4.69) is 26.0 Å². The van der Waals surface area contributed by atoms with E-state index in [1.807, 2.05) is 18.2 Å². The molecule has 2 rings (SSSR count). The van der Waals surface area contributed by atoms with Gasteiger partial charge in [-0.3, -0.25) is 0 Å². The van der Waals surface area contributed by atoms with Crippen molar-refractivity contribution in [1.82, 2.24) is 14.8 Å². The van der Waals surface area contributed by atoms with Gasteiger partial charge in [0.05, 0.1) is 6.54 Å². The normalized spacial score (nSPS) is 10.5. The Balaban J connectivity index is 2.22. The van der Waals surface area contributed by atoms with E-state index in [1.165, 1.54) is 6.33 Å². The summed E-state index contributed by atoms with van der Waals surface area (Å²) in [7, 11) is 0. The van der Waals surface area contributed by atoms with Gasteiger partial charge in [-0.25, -0.2) is 9.67 Å². The van der Waals surface area contributed by atoms with Crippen molar-refractivity contribution in [3.63, 3.8) is 0 Å². The lowest BCUT2D eigenvalue weighted by atomic mass is 10.1. The summed E-state index contributed by atoms with van der Waals surface area (Å²) in [5, 5.41) is 4.06. The average Bonchev–Trinajstić information content (AvgIpc) is 2.74. The van der Waals surface area contributed by atoms with Gasteiger partial charge in [-0.05, 0) is 17.2 Å². The summed E-state index contributed by atoms with van der Waals surface area (Å²) in [5.41, 5.74) is 7.84. The van der Waals surface area contributed by atoms with Crippen molar-refractivity contribution < 1.29 is 0 Å². The van der Waals surface area contributed by atoms with Gasteiger partial charge in [-0.1, -0.05) is 28.1 Å². The number of nitrogens with two attached hydrogens (primary N) is 1. The summed E-state index contributed by atoms with van der Waals surface area (Å²) in [5.74, 6) is 0. The third kappa shape index (κ3) is 2.43. The molecule has 1 aromatic heterocycles. The van der Waals surface area contributed by atoms with Gasteiger partial charge >= 0.3 is 0 Å². The van der Waals surface area contributed by atoms with Crippen molar-refractivity contribution in [2.75, 3.05) is 0 Å². The van der Waals surface area contributed by atoms with E-state index in [0.29, 0.717) is 13.1 Å². The van der Waals surface area contributed by atoms with E-state index in [0.717, 1.165) is 15.6 Å². The van der Waals surface area contributed by atoms with Crippen molar-refractivity contribution in [2.45, 2.75) is 13.1 Å². The lowest BCUT2D eigenvalue weighted by molar-refractivity contribution is 0.682. The largest absolute Gasteiger partial charge is 0.326 e. The Hall–Kier alpha value is -1.20. The zero-order valence-electron chi connectivity index (χ0n) is 8.10. The average molecular weight is 267 g/mol. The van der Waals surface area contributed by atoms with E-state index in [9.17, 15) is 0 Å². The predicted molar refractivity (Wildman–Crippen MR) is 61.2 cm³/mol. The number of nitrogens with zero attached hydrogens (tertiary/aromatic N) is 3. The Morgan fingerprint density at radius 2 is 2.27 bits per heavy atom. The zero-order valence-corrected chi connectivity index (χ0v) is 9.68. The molecule has 0 atom stereocenters. The molecule has 4 nitrogen and oxygen atoms in total. The molecule has 2 aromatic rings. The van der Waals surface area contributed by atoms with E-state index in [4.69, 9.17) is 5.73 Å². The topological polar surface area (TPSA) is 56.7 Å². The molecule has 78 valence electrons. The van der Waals surface area contributed by atoms with E-state index in [1.54, 1.807) is 11.0 Å². The third-order valence-electron chi connectivity index (χ3n) is 2.15. The quantitative estimate of drug-likeness (QED) is 0.917. The zero-order chi connectivity index (χ0) is 10.7. The molecular weight excluding hydrogens is 256 g/mol. The van der Waals surface area contributed by atoms with E-state index >= 15 is 0 Å². The van der Waals surface area contributed by atoms with Gasteiger partial charge < -0.3 is 5.73 Å². The van der Waals surface area contributed by atoms with Crippen LogP contribution in [0.1, 0.15) is 11.1 Å². The highest BCUT2D eigenvalue weighted by molar-refractivity contribution is 9.10. The molecule has 15 heavy (non-hydrogen) atoms. The van der Waals surface area contributed by atoms with Gasteiger partial charge in [0.25, 0.3) is 0 Å². The van der Waals surface area contributed by atoms with Gasteiger partial charge in [0.1, 0.15) is 12.7 Å². The van der Waals surface area contributed by atoms with Gasteiger partial charge in [0.15, 0.2) is 0 Å². The first kappa shape index (κ1) is 10.3. The summed E-state index contributed by atoms with van der Waals surface area (Å²) < 4.78 is 2.84. The number of rotatable bonds is 3. The summed E-state index contributed by atoms with van der Waals surface area (Å²) in [6.07, 6.45) is 3.23. The summed E-state index contributed by atoms with van der Waals surface area (Å²) >= 11 is 3.52. The number of halogens is 1. The Morgan fingerprint density at radius 3 is 2.87 bits per heavy atom. The number of benzene rings is 1. The van der Waals surface area contributed by atoms with Crippen LogP contribution in [0.4, 0.5) is 0 Å². The molecular formula is C10H11BrN4. The van der Waals surface area contributed by atoms with Crippen LogP contribution in [0, 0.1) is 0 Å². The number of aromatic nitrogens is 3. The molecule has 0 amide bonds. The Morgan fingerprint density at radius 1 is 1.40 bits per heavy atom. The molecule has 0 aliphatic carbocycles. The molecule has 0 saturated carbocycles. The second-order valence-corrected chi connectivity index (χ2v) is 4.08. The number of hydrogen-bond donors (Lipinski definition) is 1. The molecule has 0 bridgehead atoms. The fourth-order valence-corrected chi connectivity index (χ4v) is 1.89. The maximum absolute atomic E-state index is 5.56. The monoisotopic (exact) mass is 266 g/mol. The van der Waals surface area contributed by atoms with Crippen molar-refractivity contribution in [2.24, 2.45) is 5.73 Å². The van der Waals surface area contributed by atoms with Crippen molar-refractivity contribution in [3.05, 3.63) is 46.5 Å². The molecule has 0 aliphatic heterocycles. The molecule has 0 unspecified atom stereocenters. The van der Waals surface area contributed by atoms with Gasteiger partial charge in [-0.15, -0.1) is 0 Å². The highest BCUT2D eigenvalue weighted by atomic mass is 79.9. The molecule has 0 spiro atoms. The minimum atomic E-state index is 0.558. The second kappa shape index (κ2) is 4.55. The van der Waals surface area contributed by atoms with E-state index in [-0.39, 0.29) is 0 Å². The predicted octanol–water partition coefficient (Wildman–Crippen LogP) is 1.55. The van der Waals surface area contributed by atoms with Crippen LogP contribution in [0.25, 0.3) is 0 Å². The molecule has 0 saturated heterocycles. The SMILES string of the molecule is NCc1ccc(Cn2cncn2)c(Br)c1. The van der Waals surface area contributed by atoms with Crippen LogP contribution >= 0.6 is 15.9 Å². The minimum Gasteiger partial charge on any atom is -0.326 e. The summed E-state index contributed by atoms with van der Waals surface area (Å²) in [4.78, 5) is 3.90. The number of hydrogen-bond acceptors (Lipinski definition) is 3. The Bertz CT molecular complexity index is 439. The van der Waals surface area contributed by atoms with Gasteiger partial charge in [-0.2, -0.15) is 5.10 Å². The molecule has 0 aliphatic rings. The highest BCUT2D eigenvalue weighted by Crippen LogP contribution is 2.19.